The molecule has 14 N–H and O–H groups in total. The van der Waals surface area contributed by atoms with Crippen LogP contribution in [0.4, 0.5) is 0 Å². The van der Waals surface area contributed by atoms with Crippen molar-refractivity contribution in [1.29, 1.82) is 0 Å². The Morgan fingerprint density at radius 3 is 1.87 bits per heavy atom. The molecule has 30 atom stereocenters. The van der Waals surface area contributed by atoms with Crippen LogP contribution in [0.25, 0.3) is 0 Å². The first-order chi connectivity index (χ1) is 35.6. The van der Waals surface area contributed by atoms with E-state index in [1.165, 1.54) is 12.5 Å². The summed E-state index contributed by atoms with van der Waals surface area (Å²) in [6.45, 7) is 12.3. The van der Waals surface area contributed by atoms with E-state index in [9.17, 15) is 76.3 Å². The molecule has 0 spiro atoms. The molecule has 0 radical (unpaired) electrons. The van der Waals surface area contributed by atoms with Gasteiger partial charge < -0.3 is 109 Å². The summed E-state index contributed by atoms with van der Waals surface area (Å²) < 4.78 is 47.2. The van der Waals surface area contributed by atoms with Crippen molar-refractivity contribution in [3.63, 3.8) is 0 Å². The Kier molecular flexibility index (Phi) is 16.8. The fraction of sp³-hybridized carbons (Fsp3) is 0.943. The number of ether oxygens (including phenoxy) is 8. The number of allylic oxidation sites excluding steroid dienone is 2. The van der Waals surface area contributed by atoms with Gasteiger partial charge in [0.2, 0.25) is 6.29 Å². The average Bonchev–Trinajstić information content (AvgIpc) is 3.45. The summed E-state index contributed by atoms with van der Waals surface area (Å²) >= 11 is 0. The molecule has 436 valence electrons. The van der Waals surface area contributed by atoms with Crippen LogP contribution in [-0.4, -0.2) is 233 Å². The number of hydrogen-bond acceptors (Lipinski definition) is 23. The van der Waals surface area contributed by atoms with Gasteiger partial charge in [0.15, 0.2) is 25.0 Å². The summed E-state index contributed by atoms with van der Waals surface area (Å²) in [4.78, 5) is 14.9. The van der Waals surface area contributed by atoms with Gasteiger partial charge in [-0.1, -0.05) is 53.2 Å². The Labute approximate surface area is 442 Å². The predicted octanol–water partition coefficient (Wildman–Crippen LogP) is -2.57. The van der Waals surface area contributed by atoms with Gasteiger partial charge in [-0.25, -0.2) is 0 Å². The van der Waals surface area contributed by atoms with Crippen molar-refractivity contribution in [2.75, 3.05) is 26.4 Å². The number of rotatable bonds is 11. The average molecular weight is 1090 g/mol. The number of hydrogen-bond donors (Lipinski definition) is 14. The fourth-order valence-electron chi connectivity index (χ4n) is 16.6. The first kappa shape index (κ1) is 59.0. The van der Waals surface area contributed by atoms with Crippen molar-refractivity contribution in [3.8, 4) is 0 Å². The van der Waals surface area contributed by atoms with Gasteiger partial charge in [0.05, 0.1) is 50.7 Å². The molecule has 0 bridgehead atoms. The van der Waals surface area contributed by atoms with Crippen molar-refractivity contribution in [2.45, 2.75) is 229 Å². The maximum atomic E-state index is 14.9. The van der Waals surface area contributed by atoms with Crippen LogP contribution in [0.15, 0.2) is 11.6 Å². The van der Waals surface area contributed by atoms with Crippen molar-refractivity contribution in [1.82, 2.24) is 0 Å². The van der Waals surface area contributed by atoms with E-state index in [0.29, 0.717) is 32.1 Å². The fourth-order valence-corrected chi connectivity index (χ4v) is 16.6. The van der Waals surface area contributed by atoms with Crippen LogP contribution in [-0.2, 0) is 42.7 Å². The molecule has 23 nitrogen and oxygen atoms in total. The van der Waals surface area contributed by atoms with E-state index in [-0.39, 0.29) is 53.1 Å². The number of carbonyl (C=O) groups excluding carboxylic acids is 1. The maximum absolute atomic E-state index is 14.9. The summed E-state index contributed by atoms with van der Waals surface area (Å²) in [7, 11) is 0. The van der Waals surface area contributed by atoms with Gasteiger partial charge in [-0.3, -0.25) is 4.79 Å². The van der Waals surface area contributed by atoms with Gasteiger partial charge in [0, 0.05) is 5.41 Å². The lowest BCUT2D eigenvalue weighted by Crippen LogP contribution is -2.69. The molecule has 0 amide bonds. The Morgan fingerprint density at radius 1 is 0.618 bits per heavy atom. The molecular weight excluding hydrogens is 1000 g/mol. The number of aliphatic hydroxyl groups is 14. The molecule has 4 saturated carbocycles. The molecular formula is C53H86O23. The van der Waals surface area contributed by atoms with Gasteiger partial charge in [0.25, 0.3) is 0 Å². The number of carbonyl (C=O) groups is 1. The molecule has 4 heterocycles. The van der Waals surface area contributed by atoms with Gasteiger partial charge in [-0.2, -0.15) is 0 Å². The van der Waals surface area contributed by atoms with Crippen LogP contribution < -0.4 is 0 Å². The molecule has 4 saturated heterocycles. The molecule has 0 aromatic carbocycles. The minimum absolute atomic E-state index is 0.0359. The van der Waals surface area contributed by atoms with Crippen molar-refractivity contribution < 1.29 is 114 Å². The Hall–Kier alpha value is -1.63. The van der Waals surface area contributed by atoms with E-state index in [4.69, 9.17) is 37.9 Å². The Morgan fingerprint density at radius 2 is 1.21 bits per heavy atom. The molecule has 0 aromatic heterocycles. The molecule has 9 aliphatic rings. The first-order valence-electron chi connectivity index (χ1n) is 27.4. The van der Waals surface area contributed by atoms with Crippen LogP contribution in [0.3, 0.4) is 0 Å². The van der Waals surface area contributed by atoms with Crippen molar-refractivity contribution in [3.05, 3.63) is 11.6 Å². The molecule has 2 unspecified atom stereocenters. The number of aliphatic hydroxyl groups excluding tert-OH is 14. The standard InChI is InChI=1S/C53H86O23/c1-21-41(73-45-38(65)32(59)27(58)19-69-45)37(64)40(67)46(70-21)74-42-36(63)34(61)29(18-55)72-48(42)76-44(68)24-15-49(2,3)14-23-22(24)10-12-52(6)25(23)8-9-31-50(4)16-26(57)43(51(5,20-56)30(50)11-13-53(31,52)7)75-47-39(66)35(62)33(60)28(17-54)71-47/h8,21-24,26-43,45-48,54-67H,9-20H2,1-7H3/t21-,22?,23+,24+,26-,27+,28+,29+,30+,31+,32-,33+,34+,35-,36-,37-,38+,39+,40+,41-,42+,43-,45?,46-,47-,48-,50-,51-,52+,53+/m0/s1. The van der Waals surface area contributed by atoms with Crippen molar-refractivity contribution >= 4 is 5.97 Å². The lowest BCUT2D eigenvalue weighted by molar-refractivity contribution is -0.374. The minimum Gasteiger partial charge on any atom is -0.432 e. The van der Waals surface area contributed by atoms with Crippen LogP contribution in [0.1, 0.15) is 99.8 Å². The monoisotopic (exact) mass is 1090 g/mol. The molecule has 8 fully saturated rings. The first-order valence-corrected chi connectivity index (χ1v) is 27.4. The lowest BCUT2D eigenvalue weighted by atomic mass is 9.34. The quantitative estimate of drug-likeness (QED) is 0.0574. The van der Waals surface area contributed by atoms with Gasteiger partial charge in [0.1, 0.15) is 79.4 Å². The molecule has 76 heavy (non-hydrogen) atoms. The zero-order valence-electron chi connectivity index (χ0n) is 44.5. The maximum Gasteiger partial charge on any atom is 0.311 e. The summed E-state index contributed by atoms with van der Waals surface area (Å²) in [5.41, 5.74) is -1.31. The minimum atomic E-state index is -1.90. The normalized spacial score (nSPS) is 55.2. The number of esters is 1. The van der Waals surface area contributed by atoms with E-state index in [1.807, 2.05) is 6.92 Å². The van der Waals surface area contributed by atoms with Crippen LogP contribution in [0, 0.1) is 56.7 Å². The van der Waals surface area contributed by atoms with E-state index >= 15 is 0 Å². The summed E-state index contributed by atoms with van der Waals surface area (Å²) in [6, 6.07) is 0. The SMILES string of the molecule is C[C@@H]1O[C@@H](O[C@H]2[C@H](OC(=O)[C@@H]3CC(C)(C)C[C@H]4C5=CC[C@@H]6[C@@]7(C)C[C@H](O)[C@H](O[C@@H]8O[C@H](CO)[C@@H](O)[C@H](O)[C@H]8O)[C@@](C)(CO)[C@@H]7CC[C@@]6(C)[C@]5(C)CCC34)O[C@H](CO)[C@@H](O)[C@@H]2O)[C@H](O)[C@H](O)[C@H]1OC1OC[C@@H](O)[C@H](O)[C@H]1O. The highest BCUT2D eigenvalue weighted by molar-refractivity contribution is 5.73. The summed E-state index contributed by atoms with van der Waals surface area (Å²) in [6.07, 6.45) is -25.0. The van der Waals surface area contributed by atoms with Gasteiger partial charge >= 0.3 is 5.97 Å². The second kappa shape index (κ2) is 21.6. The largest absolute Gasteiger partial charge is 0.432 e. The van der Waals surface area contributed by atoms with Gasteiger partial charge in [-0.15, -0.1) is 0 Å². The highest BCUT2D eigenvalue weighted by Gasteiger charge is 2.70. The van der Waals surface area contributed by atoms with E-state index in [0.717, 1.165) is 19.3 Å². The Balaban J connectivity index is 0.926. The summed E-state index contributed by atoms with van der Waals surface area (Å²) in [5, 5.41) is 151. The third-order valence-corrected chi connectivity index (χ3v) is 20.8. The van der Waals surface area contributed by atoms with Crippen LogP contribution >= 0.6 is 0 Å². The predicted molar refractivity (Wildman–Crippen MR) is 258 cm³/mol. The second-order valence-corrected chi connectivity index (χ2v) is 25.8. The zero-order chi connectivity index (χ0) is 55.5. The number of fused-ring (bicyclic) bond motifs is 7. The molecule has 9 rings (SSSR count). The van der Waals surface area contributed by atoms with E-state index < -0.39 is 165 Å². The van der Waals surface area contributed by atoms with Crippen LogP contribution in [0.2, 0.25) is 0 Å². The second-order valence-electron chi connectivity index (χ2n) is 25.8. The molecule has 5 aliphatic carbocycles. The van der Waals surface area contributed by atoms with Crippen LogP contribution in [0.5, 0.6) is 0 Å². The molecule has 4 aliphatic heterocycles. The smallest absolute Gasteiger partial charge is 0.311 e. The third kappa shape index (κ3) is 9.66. The third-order valence-electron chi connectivity index (χ3n) is 20.8. The highest BCUT2D eigenvalue weighted by Crippen LogP contribution is 2.75. The highest BCUT2D eigenvalue weighted by atomic mass is 16.8. The summed E-state index contributed by atoms with van der Waals surface area (Å²) in [5.74, 6) is -1.68. The topological polar surface area (TPSA) is 374 Å². The lowest BCUT2D eigenvalue weighted by Gasteiger charge is -2.71. The molecule has 23 heteroatoms. The zero-order valence-corrected chi connectivity index (χ0v) is 44.5. The Bertz CT molecular complexity index is 2080. The van der Waals surface area contributed by atoms with Crippen molar-refractivity contribution in [2.24, 2.45) is 56.7 Å². The molecule has 0 aromatic rings. The van der Waals surface area contributed by atoms with Gasteiger partial charge in [-0.05, 0) is 104 Å². The van der Waals surface area contributed by atoms with E-state index in [2.05, 4.69) is 40.7 Å². The van der Waals surface area contributed by atoms with E-state index in [1.54, 1.807) is 0 Å².